The second-order valence-electron chi connectivity index (χ2n) is 3.80. The maximum Gasteiger partial charge on any atom is 0.164 e. The lowest BCUT2D eigenvalue weighted by atomic mass is 10.00. The van der Waals surface area contributed by atoms with Crippen molar-refractivity contribution in [1.29, 1.82) is 0 Å². The van der Waals surface area contributed by atoms with Gasteiger partial charge in [-0.05, 0) is 26.3 Å². The van der Waals surface area contributed by atoms with E-state index >= 15 is 0 Å². The summed E-state index contributed by atoms with van der Waals surface area (Å²) < 4.78 is 11.4. The Morgan fingerprint density at radius 1 is 1.29 bits per heavy atom. The summed E-state index contributed by atoms with van der Waals surface area (Å²) in [6.07, 6.45) is 2.78. The third-order valence-electron chi connectivity index (χ3n) is 2.44. The molecule has 2 heteroatoms. The minimum absolute atomic E-state index is 0.0155. The molecule has 2 nitrogen and oxygen atoms in total. The lowest BCUT2D eigenvalue weighted by Crippen LogP contribution is -2.03. The van der Waals surface area contributed by atoms with Gasteiger partial charge in [0.05, 0.1) is 13.2 Å². The second-order valence-corrected chi connectivity index (χ2v) is 3.80. The molecule has 0 spiro atoms. The minimum Gasteiger partial charge on any atom is -0.490 e. The highest BCUT2D eigenvalue weighted by molar-refractivity contribution is 5.49. The van der Waals surface area contributed by atoms with Crippen LogP contribution >= 0.6 is 0 Å². The zero-order valence-corrected chi connectivity index (χ0v) is 10.7. The molecular formula is C15H21O2. The molecule has 0 amide bonds. The summed E-state index contributed by atoms with van der Waals surface area (Å²) in [6, 6.07) is 5.90. The van der Waals surface area contributed by atoms with E-state index in [9.17, 15) is 0 Å². The van der Waals surface area contributed by atoms with Gasteiger partial charge >= 0.3 is 0 Å². The molecule has 0 aliphatic rings. The molecule has 1 aromatic carbocycles. The van der Waals surface area contributed by atoms with Crippen molar-refractivity contribution in [1.82, 2.24) is 0 Å². The summed E-state index contributed by atoms with van der Waals surface area (Å²) in [5.74, 6) is 1.60. The van der Waals surface area contributed by atoms with Gasteiger partial charge in [-0.1, -0.05) is 25.1 Å². The molecule has 0 aliphatic heterocycles. The molecule has 0 fully saturated rings. The van der Waals surface area contributed by atoms with Crippen LogP contribution < -0.4 is 9.47 Å². The molecule has 1 rings (SSSR count). The van der Waals surface area contributed by atoms with Gasteiger partial charge in [-0.25, -0.2) is 0 Å². The Kier molecular flexibility index (Phi) is 5.61. The van der Waals surface area contributed by atoms with E-state index in [1.807, 2.05) is 25.1 Å². The Labute approximate surface area is 104 Å². The smallest absolute Gasteiger partial charge is 0.164 e. The number of ether oxygens (including phenoxy) is 2. The van der Waals surface area contributed by atoms with Crippen LogP contribution in [0.15, 0.2) is 30.9 Å². The molecule has 0 saturated heterocycles. The van der Waals surface area contributed by atoms with Crippen molar-refractivity contribution in [2.45, 2.75) is 26.2 Å². The fourth-order valence-electron chi connectivity index (χ4n) is 1.58. The predicted molar refractivity (Wildman–Crippen MR) is 71.7 cm³/mol. The van der Waals surface area contributed by atoms with Crippen molar-refractivity contribution in [3.05, 3.63) is 43.3 Å². The van der Waals surface area contributed by atoms with Gasteiger partial charge in [-0.3, -0.25) is 0 Å². The Morgan fingerprint density at radius 3 is 2.65 bits per heavy atom. The third-order valence-corrected chi connectivity index (χ3v) is 2.44. The number of hydrogen-bond acceptors (Lipinski definition) is 2. The first kappa shape index (κ1) is 13.6. The molecule has 0 aromatic heterocycles. The minimum atomic E-state index is 0.0155. The fourth-order valence-corrected chi connectivity index (χ4v) is 1.58. The second kappa shape index (κ2) is 7.00. The lowest BCUT2D eigenvalue weighted by Gasteiger charge is -2.17. The Bertz CT molecular complexity index is 358. The quantitative estimate of drug-likeness (QED) is 0.663. The van der Waals surface area contributed by atoms with E-state index in [0.29, 0.717) is 13.2 Å². The molecule has 0 saturated carbocycles. The molecule has 0 aliphatic carbocycles. The summed E-state index contributed by atoms with van der Waals surface area (Å²) in [5, 5.41) is 0. The van der Waals surface area contributed by atoms with Gasteiger partial charge in [0.25, 0.3) is 0 Å². The average molecular weight is 233 g/mol. The zero-order valence-electron chi connectivity index (χ0n) is 10.7. The van der Waals surface area contributed by atoms with Gasteiger partial charge in [0, 0.05) is 11.5 Å². The van der Waals surface area contributed by atoms with E-state index < -0.39 is 0 Å². The van der Waals surface area contributed by atoms with Crippen molar-refractivity contribution in [2.24, 2.45) is 0 Å². The molecule has 17 heavy (non-hydrogen) atoms. The first-order valence-electron chi connectivity index (χ1n) is 6.08. The van der Waals surface area contributed by atoms with E-state index in [0.717, 1.165) is 23.5 Å². The molecule has 1 radical (unpaired) electrons. The Balaban J connectivity index is 3.06. The van der Waals surface area contributed by atoms with Crippen LogP contribution in [0.2, 0.25) is 0 Å². The lowest BCUT2D eigenvalue weighted by molar-refractivity contribution is 0.275. The highest BCUT2D eigenvalue weighted by Gasteiger charge is 2.14. The van der Waals surface area contributed by atoms with Gasteiger partial charge in [-0.2, -0.15) is 0 Å². The monoisotopic (exact) mass is 233 g/mol. The third kappa shape index (κ3) is 3.52. The maximum absolute atomic E-state index is 5.69. The highest BCUT2D eigenvalue weighted by Crippen LogP contribution is 2.36. The van der Waals surface area contributed by atoms with Crippen LogP contribution in [0.3, 0.4) is 0 Å². The normalized spacial score (nSPS) is 11.9. The van der Waals surface area contributed by atoms with Gasteiger partial charge in [0.1, 0.15) is 0 Å². The molecule has 93 valence electrons. The topological polar surface area (TPSA) is 18.5 Å². The van der Waals surface area contributed by atoms with Crippen molar-refractivity contribution < 1.29 is 9.47 Å². The van der Waals surface area contributed by atoms with Crippen LogP contribution in [0.4, 0.5) is 0 Å². The van der Waals surface area contributed by atoms with E-state index in [1.54, 1.807) is 6.08 Å². The summed E-state index contributed by atoms with van der Waals surface area (Å²) in [6.45, 7) is 13.2. The summed E-state index contributed by atoms with van der Waals surface area (Å²) in [7, 11) is 0. The Hall–Kier alpha value is -1.44. The van der Waals surface area contributed by atoms with Crippen LogP contribution in [-0.4, -0.2) is 13.2 Å². The largest absolute Gasteiger partial charge is 0.490 e. The molecule has 1 atom stereocenters. The highest BCUT2D eigenvalue weighted by atomic mass is 16.5. The molecule has 0 N–H and O–H groups in total. The number of para-hydroxylation sites is 1. The fraction of sp³-hybridized carbons (Fsp3) is 0.400. The van der Waals surface area contributed by atoms with Gasteiger partial charge < -0.3 is 9.47 Å². The molecule has 1 aromatic rings. The van der Waals surface area contributed by atoms with E-state index in [-0.39, 0.29) is 5.92 Å². The summed E-state index contributed by atoms with van der Waals surface area (Å²) in [5.41, 5.74) is 1.02. The predicted octanol–water partition coefficient (Wildman–Crippen LogP) is 3.98. The molecular weight excluding hydrogens is 212 g/mol. The molecule has 1 unspecified atom stereocenters. The number of hydrogen-bond donors (Lipinski definition) is 0. The van der Waals surface area contributed by atoms with Crippen molar-refractivity contribution in [2.75, 3.05) is 13.2 Å². The SMILES string of the molecule is [CH2]C(C=C)c1cccc(OCCC)c1OCC. The maximum atomic E-state index is 5.69. The molecule has 0 bridgehead atoms. The van der Waals surface area contributed by atoms with Crippen molar-refractivity contribution >= 4 is 0 Å². The first-order chi connectivity index (χ1) is 8.24. The van der Waals surface area contributed by atoms with Gasteiger partial charge in [0.2, 0.25) is 0 Å². The number of rotatable bonds is 7. The van der Waals surface area contributed by atoms with Gasteiger partial charge in [-0.15, -0.1) is 6.58 Å². The Morgan fingerprint density at radius 2 is 2.06 bits per heavy atom. The van der Waals surface area contributed by atoms with Crippen LogP contribution in [0.1, 0.15) is 31.7 Å². The standard InChI is InChI=1S/C15H21O2/c1-5-11-17-14-10-8-9-13(12(4)6-2)15(14)16-7-3/h6,8-10,12H,2,4-5,7,11H2,1,3H3. The van der Waals surface area contributed by atoms with E-state index in [2.05, 4.69) is 20.4 Å². The summed E-state index contributed by atoms with van der Waals surface area (Å²) in [4.78, 5) is 0. The van der Waals surface area contributed by atoms with Crippen LogP contribution in [0.5, 0.6) is 11.5 Å². The van der Waals surface area contributed by atoms with Crippen molar-refractivity contribution in [3.8, 4) is 11.5 Å². The van der Waals surface area contributed by atoms with Crippen LogP contribution in [0, 0.1) is 6.92 Å². The first-order valence-corrected chi connectivity index (χ1v) is 6.08. The van der Waals surface area contributed by atoms with Crippen LogP contribution in [-0.2, 0) is 0 Å². The number of allylic oxidation sites excluding steroid dienone is 1. The molecule has 0 heterocycles. The van der Waals surface area contributed by atoms with E-state index in [4.69, 9.17) is 9.47 Å². The van der Waals surface area contributed by atoms with Crippen molar-refractivity contribution in [3.63, 3.8) is 0 Å². The number of benzene rings is 1. The van der Waals surface area contributed by atoms with Crippen LogP contribution in [0.25, 0.3) is 0 Å². The van der Waals surface area contributed by atoms with E-state index in [1.165, 1.54) is 0 Å². The summed E-state index contributed by atoms with van der Waals surface area (Å²) >= 11 is 0. The van der Waals surface area contributed by atoms with Gasteiger partial charge in [0.15, 0.2) is 11.5 Å². The average Bonchev–Trinajstić information content (AvgIpc) is 2.36. The zero-order chi connectivity index (χ0) is 12.7.